The van der Waals surface area contributed by atoms with Crippen molar-refractivity contribution in [1.82, 2.24) is 14.8 Å². The number of ether oxygens (including phenoxy) is 1. The average Bonchev–Trinajstić information content (AvgIpc) is 2.86. The zero-order valence-electron chi connectivity index (χ0n) is 12.3. The Morgan fingerprint density at radius 2 is 2.05 bits per heavy atom. The van der Waals surface area contributed by atoms with Gasteiger partial charge in [-0.15, -0.1) is 0 Å². The molecule has 0 bridgehead atoms. The zero-order valence-corrected chi connectivity index (χ0v) is 12.3. The van der Waals surface area contributed by atoms with Crippen molar-refractivity contribution in [2.45, 2.75) is 0 Å². The van der Waals surface area contributed by atoms with E-state index in [4.69, 9.17) is 4.74 Å². The average molecular weight is 287 g/mol. The molecule has 0 unspecified atom stereocenters. The quantitative estimate of drug-likeness (QED) is 0.920. The molecule has 112 valence electrons. The first kappa shape index (κ1) is 14.1. The van der Waals surface area contributed by atoms with Crippen LogP contribution < -0.4 is 5.32 Å². The van der Waals surface area contributed by atoms with Crippen molar-refractivity contribution in [3.63, 3.8) is 0 Å². The molecule has 0 saturated carbocycles. The van der Waals surface area contributed by atoms with E-state index in [9.17, 15) is 4.79 Å². The standard InChI is InChI=1S/C16H21N3O2/c1-18-12-14(13-4-2-3-5-15(13)18)16(20)17-6-7-19-8-10-21-11-9-19/h2-5,12H,6-11H2,1H3,(H,17,20). The molecule has 0 radical (unpaired) electrons. The summed E-state index contributed by atoms with van der Waals surface area (Å²) in [6, 6.07) is 7.97. The van der Waals surface area contributed by atoms with Crippen LogP contribution in [0.25, 0.3) is 10.9 Å². The van der Waals surface area contributed by atoms with Crippen LogP contribution in [0.2, 0.25) is 0 Å². The lowest BCUT2D eigenvalue weighted by atomic mass is 10.1. The van der Waals surface area contributed by atoms with E-state index < -0.39 is 0 Å². The zero-order chi connectivity index (χ0) is 14.7. The van der Waals surface area contributed by atoms with E-state index >= 15 is 0 Å². The van der Waals surface area contributed by atoms with Gasteiger partial charge in [0.15, 0.2) is 0 Å². The van der Waals surface area contributed by atoms with Crippen LogP contribution in [0.1, 0.15) is 10.4 Å². The van der Waals surface area contributed by atoms with Crippen molar-refractivity contribution >= 4 is 16.8 Å². The predicted octanol–water partition coefficient (Wildman–Crippen LogP) is 1.24. The molecule has 2 aromatic rings. The van der Waals surface area contributed by atoms with Gasteiger partial charge in [0.2, 0.25) is 0 Å². The smallest absolute Gasteiger partial charge is 0.253 e. The molecule has 1 aliphatic heterocycles. The summed E-state index contributed by atoms with van der Waals surface area (Å²) in [5, 5.41) is 4.02. The van der Waals surface area contributed by atoms with E-state index in [0.29, 0.717) is 6.54 Å². The van der Waals surface area contributed by atoms with E-state index in [-0.39, 0.29) is 5.91 Å². The minimum absolute atomic E-state index is 0.0000550. The highest BCUT2D eigenvalue weighted by Gasteiger charge is 2.14. The molecule has 0 spiro atoms. The Kier molecular flexibility index (Phi) is 4.22. The number of nitrogens with one attached hydrogen (secondary N) is 1. The topological polar surface area (TPSA) is 46.5 Å². The molecule has 1 amide bonds. The third-order valence-electron chi connectivity index (χ3n) is 3.96. The fourth-order valence-electron chi connectivity index (χ4n) is 2.77. The number of carbonyl (C=O) groups is 1. The van der Waals surface area contributed by atoms with Gasteiger partial charge < -0.3 is 14.6 Å². The second kappa shape index (κ2) is 6.28. The Balaban J connectivity index is 1.61. The summed E-state index contributed by atoms with van der Waals surface area (Å²) in [5.41, 5.74) is 1.82. The number of carbonyl (C=O) groups excluding carboxylic acids is 1. The summed E-state index contributed by atoms with van der Waals surface area (Å²) in [5.74, 6) is 0.0000550. The van der Waals surface area contributed by atoms with E-state index in [2.05, 4.69) is 10.2 Å². The van der Waals surface area contributed by atoms with Gasteiger partial charge >= 0.3 is 0 Å². The maximum Gasteiger partial charge on any atom is 0.253 e. The minimum Gasteiger partial charge on any atom is -0.379 e. The molecule has 1 fully saturated rings. The minimum atomic E-state index is 0.0000550. The molecule has 1 saturated heterocycles. The predicted molar refractivity (Wildman–Crippen MR) is 82.5 cm³/mol. The van der Waals surface area contributed by atoms with Crippen molar-refractivity contribution in [3.8, 4) is 0 Å². The van der Waals surface area contributed by atoms with Crippen LogP contribution in [0, 0.1) is 0 Å². The molecule has 3 rings (SSSR count). The maximum atomic E-state index is 12.3. The van der Waals surface area contributed by atoms with E-state index in [0.717, 1.165) is 49.3 Å². The number of hydrogen-bond acceptors (Lipinski definition) is 3. The van der Waals surface area contributed by atoms with Crippen molar-refractivity contribution in [2.24, 2.45) is 7.05 Å². The number of amides is 1. The number of benzene rings is 1. The van der Waals surface area contributed by atoms with Gasteiger partial charge in [-0.05, 0) is 6.07 Å². The number of aromatic nitrogens is 1. The molecule has 2 heterocycles. The summed E-state index contributed by atoms with van der Waals surface area (Å²) >= 11 is 0. The van der Waals surface area contributed by atoms with Crippen molar-refractivity contribution < 1.29 is 9.53 Å². The maximum absolute atomic E-state index is 12.3. The summed E-state index contributed by atoms with van der Waals surface area (Å²) < 4.78 is 7.31. The monoisotopic (exact) mass is 287 g/mol. The molecule has 5 nitrogen and oxygen atoms in total. The normalized spacial score (nSPS) is 16.2. The Labute approximate surface area is 124 Å². The van der Waals surface area contributed by atoms with Gasteiger partial charge in [-0.2, -0.15) is 0 Å². The first-order valence-corrected chi connectivity index (χ1v) is 7.38. The Bertz CT molecular complexity index is 629. The number of morpholine rings is 1. The molecule has 0 atom stereocenters. The van der Waals surface area contributed by atoms with Crippen LogP contribution >= 0.6 is 0 Å². The molecule has 1 aliphatic rings. The molecule has 1 aromatic carbocycles. The Morgan fingerprint density at radius 1 is 1.29 bits per heavy atom. The molecule has 5 heteroatoms. The Hall–Kier alpha value is -1.85. The first-order chi connectivity index (χ1) is 10.3. The second-order valence-corrected chi connectivity index (χ2v) is 5.38. The molecular formula is C16H21N3O2. The van der Waals surface area contributed by atoms with Crippen LogP contribution in [0.3, 0.4) is 0 Å². The highest BCUT2D eigenvalue weighted by atomic mass is 16.5. The summed E-state index contributed by atoms with van der Waals surface area (Å²) in [4.78, 5) is 14.7. The van der Waals surface area contributed by atoms with Crippen LogP contribution in [-0.2, 0) is 11.8 Å². The molecule has 21 heavy (non-hydrogen) atoms. The molecule has 0 aliphatic carbocycles. The number of nitrogens with zero attached hydrogens (tertiary/aromatic N) is 2. The van der Waals surface area contributed by atoms with Gasteiger partial charge in [0.1, 0.15) is 0 Å². The number of aryl methyl sites for hydroxylation is 1. The van der Waals surface area contributed by atoms with Crippen LogP contribution in [0.5, 0.6) is 0 Å². The lowest BCUT2D eigenvalue weighted by Crippen LogP contribution is -2.41. The van der Waals surface area contributed by atoms with Gasteiger partial charge in [0.25, 0.3) is 5.91 Å². The van der Waals surface area contributed by atoms with Gasteiger partial charge in [-0.25, -0.2) is 0 Å². The largest absolute Gasteiger partial charge is 0.379 e. The lowest BCUT2D eigenvalue weighted by molar-refractivity contribution is 0.0383. The fraction of sp³-hybridized carbons (Fsp3) is 0.438. The van der Waals surface area contributed by atoms with E-state index in [1.807, 2.05) is 42.1 Å². The molecular weight excluding hydrogens is 266 g/mol. The Morgan fingerprint density at radius 3 is 2.86 bits per heavy atom. The number of rotatable bonds is 4. The van der Waals surface area contributed by atoms with Gasteiger partial charge in [0.05, 0.1) is 18.8 Å². The highest BCUT2D eigenvalue weighted by molar-refractivity contribution is 6.06. The van der Waals surface area contributed by atoms with Gasteiger partial charge in [0, 0.05) is 50.3 Å². The van der Waals surface area contributed by atoms with Gasteiger partial charge in [-0.1, -0.05) is 18.2 Å². The van der Waals surface area contributed by atoms with Gasteiger partial charge in [-0.3, -0.25) is 9.69 Å². The number of fused-ring (bicyclic) bond motifs is 1. The van der Waals surface area contributed by atoms with Crippen LogP contribution in [0.15, 0.2) is 30.5 Å². The summed E-state index contributed by atoms with van der Waals surface area (Å²) in [7, 11) is 1.97. The van der Waals surface area contributed by atoms with E-state index in [1.54, 1.807) is 0 Å². The van der Waals surface area contributed by atoms with E-state index in [1.165, 1.54) is 0 Å². The van der Waals surface area contributed by atoms with Crippen LogP contribution in [-0.4, -0.2) is 54.8 Å². The second-order valence-electron chi connectivity index (χ2n) is 5.38. The summed E-state index contributed by atoms with van der Waals surface area (Å²) in [6.45, 7) is 5.02. The van der Waals surface area contributed by atoms with Crippen LogP contribution in [0.4, 0.5) is 0 Å². The molecule has 1 aromatic heterocycles. The fourth-order valence-corrected chi connectivity index (χ4v) is 2.77. The molecule has 1 N–H and O–H groups in total. The first-order valence-electron chi connectivity index (χ1n) is 7.38. The number of para-hydroxylation sites is 1. The third kappa shape index (κ3) is 3.09. The number of hydrogen-bond donors (Lipinski definition) is 1. The summed E-state index contributed by atoms with van der Waals surface area (Å²) in [6.07, 6.45) is 1.90. The van der Waals surface area contributed by atoms with Crippen molar-refractivity contribution in [3.05, 3.63) is 36.0 Å². The SMILES string of the molecule is Cn1cc(C(=O)NCCN2CCOCC2)c2ccccc21. The lowest BCUT2D eigenvalue weighted by Gasteiger charge is -2.26. The third-order valence-corrected chi connectivity index (χ3v) is 3.96. The van der Waals surface area contributed by atoms with Crippen molar-refractivity contribution in [2.75, 3.05) is 39.4 Å². The van der Waals surface area contributed by atoms with Crippen molar-refractivity contribution in [1.29, 1.82) is 0 Å². The highest BCUT2D eigenvalue weighted by Crippen LogP contribution is 2.19.